The second-order valence-electron chi connectivity index (χ2n) is 8.80. The highest BCUT2D eigenvalue weighted by Gasteiger charge is 2.32. The molecule has 2 atom stereocenters. The van der Waals surface area contributed by atoms with Crippen LogP contribution in [0.5, 0.6) is 0 Å². The number of aryl methyl sites for hydroxylation is 2. The summed E-state index contributed by atoms with van der Waals surface area (Å²) >= 11 is 0. The Bertz CT molecular complexity index is 1080. The van der Waals surface area contributed by atoms with Crippen LogP contribution in [0.25, 0.3) is 0 Å². The van der Waals surface area contributed by atoms with Crippen molar-refractivity contribution in [1.29, 1.82) is 0 Å². The van der Waals surface area contributed by atoms with E-state index in [0.29, 0.717) is 12.1 Å². The molecule has 0 saturated heterocycles. The van der Waals surface area contributed by atoms with Gasteiger partial charge in [0.1, 0.15) is 12.6 Å². The summed E-state index contributed by atoms with van der Waals surface area (Å²) in [7, 11) is -3.73. The number of hydrogen-bond acceptors (Lipinski definition) is 4. The lowest BCUT2D eigenvalue weighted by atomic mass is 10.1. The van der Waals surface area contributed by atoms with Crippen molar-refractivity contribution in [3.8, 4) is 0 Å². The lowest BCUT2D eigenvalue weighted by Crippen LogP contribution is -2.53. The maximum absolute atomic E-state index is 13.7. The van der Waals surface area contributed by atoms with Crippen LogP contribution in [0, 0.1) is 13.8 Å². The number of nitrogens with one attached hydrogen (secondary N) is 1. The van der Waals surface area contributed by atoms with E-state index in [2.05, 4.69) is 5.32 Å². The SMILES string of the molecule is CCC(C)NC(=O)C(CC)N(Cc1ccccc1C)C(=O)CN(c1ccc(C)cc1)S(C)(=O)=O. The third-order valence-electron chi connectivity index (χ3n) is 5.99. The molecule has 1 N–H and O–H groups in total. The van der Waals surface area contributed by atoms with Crippen molar-refractivity contribution in [2.75, 3.05) is 17.1 Å². The van der Waals surface area contributed by atoms with Gasteiger partial charge in [-0.25, -0.2) is 8.42 Å². The van der Waals surface area contributed by atoms with Crippen LogP contribution in [0.4, 0.5) is 5.69 Å². The number of hydrogen-bond donors (Lipinski definition) is 1. The maximum Gasteiger partial charge on any atom is 0.244 e. The van der Waals surface area contributed by atoms with Gasteiger partial charge in [0.2, 0.25) is 21.8 Å². The number of benzene rings is 2. The van der Waals surface area contributed by atoms with Gasteiger partial charge in [0.25, 0.3) is 0 Å². The number of sulfonamides is 1. The molecule has 0 spiro atoms. The summed E-state index contributed by atoms with van der Waals surface area (Å²) in [6, 6.07) is 13.9. The molecular weight excluding hydrogens is 450 g/mol. The summed E-state index contributed by atoms with van der Waals surface area (Å²) in [4.78, 5) is 28.3. The monoisotopic (exact) mass is 487 g/mol. The summed E-state index contributed by atoms with van der Waals surface area (Å²) in [5.41, 5.74) is 3.30. The lowest BCUT2D eigenvalue weighted by molar-refractivity contribution is -0.140. The fourth-order valence-electron chi connectivity index (χ4n) is 3.66. The Balaban J connectivity index is 2.44. The molecule has 0 radical (unpaired) electrons. The second kappa shape index (κ2) is 12.0. The summed E-state index contributed by atoms with van der Waals surface area (Å²) in [6.45, 7) is 9.44. The van der Waals surface area contributed by atoms with Gasteiger partial charge in [-0.2, -0.15) is 0 Å². The summed E-state index contributed by atoms with van der Waals surface area (Å²) in [5, 5.41) is 2.97. The number of carbonyl (C=O) groups excluding carboxylic acids is 2. The van der Waals surface area contributed by atoms with Crippen LogP contribution >= 0.6 is 0 Å². The van der Waals surface area contributed by atoms with Crippen molar-refractivity contribution in [3.63, 3.8) is 0 Å². The molecule has 0 aliphatic carbocycles. The minimum Gasteiger partial charge on any atom is -0.352 e. The van der Waals surface area contributed by atoms with Gasteiger partial charge in [0.15, 0.2) is 0 Å². The van der Waals surface area contributed by atoms with Crippen molar-refractivity contribution in [3.05, 3.63) is 65.2 Å². The Kier molecular flexibility index (Phi) is 9.67. The fraction of sp³-hybridized carbons (Fsp3) is 0.462. The average Bonchev–Trinajstić information content (AvgIpc) is 2.78. The first-order valence-electron chi connectivity index (χ1n) is 11.7. The molecule has 0 saturated carbocycles. The number of rotatable bonds is 11. The molecule has 0 bridgehead atoms. The zero-order valence-electron chi connectivity index (χ0n) is 21.0. The van der Waals surface area contributed by atoms with Gasteiger partial charge < -0.3 is 10.2 Å². The first kappa shape index (κ1) is 27.4. The molecule has 2 amide bonds. The Hall–Kier alpha value is -2.87. The molecule has 2 aromatic rings. The molecule has 0 aliphatic rings. The Morgan fingerprint density at radius 1 is 0.971 bits per heavy atom. The third-order valence-corrected chi connectivity index (χ3v) is 7.13. The highest BCUT2D eigenvalue weighted by molar-refractivity contribution is 7.92. The van der Waals surface area contributed by atoms with E-state index in [-0.39, 0.29) is 25.0 Å². The highest BCUT2D eigenvalue weighted by atomic mass is 32.2. The molecule has 0 aliphatic heterocycles. The minimum atomic E-state index is -3.73. The van der Waals surface area contributed by atoms with Gasteiger partial charge in [-0.05, 0) is 56.9 Å². The van der Waals surface area contributed by atoms with E-state index in [1.807, 2.05) is 58.9 Å². The smallest absolute Gasteiger partial charge is 0.244 e. The molecule has 0 heterocycles. The first-order chi connectivity index (χ1) is 16.0. The van der Waals surface area contributed by atoms with E-state index >= 15 is 0 Å². The fourth-order valence-corrected chi connectivity index (χ4v) is 4.51. The molecule has 34 heavy (non-hydrogen) atoms. The van der Waals surface area contributed by atoms with E-state index in [0.717, 1.165) is 33.7 Å². The van der Waals surface area contributed by atoms with Crippen molar-refractivity contribution in [2.24, 2.45) is 0 Å². The lowest BCUT2D eigenvalue weighted by Gasteiger charge is -2.33. The van der Waals surface area contributed by atoms with Crippen molar-refractivity contribution < 1.29 is 18.0 Å². The average molecular weight is 488 g/mol. The van der Waals surface area contributed by atoms with Gasteiger partial charge in [-0.3, -0.25) is 13.9 Å². The summed E-state index contributed by atoms with van der Waals surface area (Å²) < 4.78 is 26.3. The first-order valence-corrected chi connectivity index (χ1v) is 13.5. The topological polar surface area (TPSA) is 86.8 Å². The molecule has 186 valence electrons. The van der Waals surface area contributed by atoms with E-state index in [9.17, 15) is 18.0 Å². The number of carbonyl (C=O) groups is 2. The van der Waals surface area contributed by atoms with E-state index in [4.69, 9.17) is 0 Å². The predicted molar refractivity (Wildman–Crippen MR) is 137 cm³/mol. The largest absolute Gasteiger partial charge is 0.352 e. The number of nitrogens with zero attached hydrogens (tertiary/aromatic N) is 2. The van der Waals surface area contributed by atoms with Crippen LogP contribution in [-0.2, 0) is 26.2 Å². The summed E-state index contributed by atoms with van der Waals surface area (Å²) in [5.74, 6) is -0.666. The van der Waals surface area contributed by atoms with Crippen LogP contribution in [0.3, 0.4) is 0 Å². The quantitative estimate of drug-likeness (QED) is 0.522. The number of anilines is 1. The van der Waals surface area contributed by atoms with Gasteiger partial charge in [0.05, 0.1) is 11.9 Å². The second-order valence-corrected chi connectivity index (χ2v) is 10.7. The zero-order chi connectivity index (χ0) is 25.5. The minimum absolute atomic E-state index is 0.0305. The van der Waals surface area contributed by atoms with E-state index < -0.39 is 22.0 Å². The Morgan fingerprint density at radius 3 is 2.12 bits per heavy atom. The maximum atomic E-state index is 13.7. The molecule has 2 rings (SSSR count). The van der Waals surface area contributed by atoms with Crippen LogP contribution in [0.1, 0.15) is 50.3 Å². The van der Waals surface area contributed by atoms with Gasteiger partial charge >= 0.3 is 0 Å². The zero-order valence-corrected chi connectivity index (χ0v) is 21.9. The van der Waals surface area contributed by atoms with E-state index in [1.165, 1.54) is 4.90 Å². The van der Waals surface area contributed by atoms with Crippen LogP contribution in [0.15, 0.2) is 48.5 Å². The van der Waals surface area contributed by atoms with Gasteiger partial charge in [0, 0.05) is 12.6 Å². The van der Waals surface area contributed by atoms with Gasteiger partial charge in [-0.1, -0.05) is 55.8 Å². The van der Waals surface area contributed by atoms with Gasteiger partial charge in [-0.15, -0.1) is 0 Å². The molecular formula is C26H37N3O4S. The molecule has 0 aromatic heterocycles. The van der Waals surface area contributed by atoms with Crippen molar-refractivity contribution in [1.82, 2.24) is 10.2 Å². The third kappa shape index (κ3) is 7.32. The van der Waals surface area contributed by atoms with Crippen LogP contribution in [0.2, 0.25) is 0 Å². The molecule has 7 nitrogen and oxygen atoms in total. The Labute approximate surface area is 204 Å². The molecule has 2 aromatic carbocycles. The normalized spacial score (nSPS) is 13.1. The summed E-state index contributed by atoms with van der Waals surface area (Å²) in [6.07, 6.45) is 2.26. The highest BCUT2D eigenvalue weighted by Crippen LogP contribution is 2.21. The van der Waals surface area contributed by atoms with Crippen LogP contribution < -0.4 is 9.62 Å². The van der Waals surface area contributed by atoms with E-state index in [1.54, 1.807) is 24.3 Å². The Morgan fingerprint density at radius 2 is 1.59 bits per heavy atom. The molecule has 0 fully saturated rings. The molecule has 2 unspecified atom stereocenters. The predicted octanol–water partition coefficient (Wildman–Crippen LogP) is 3.79. The standard InChI is InChI=1S/C26H37N3O4S/c1-7-21(5)27-26(31)24(8-2)28(17-22-12-10-9-11-20(22)4)25(30)18-29(34(6,32)33)23-15-13-19(3)14-16-23/h9-16,21,24H,7-8,17-18H2,1-6H3,(H,27,31). The van der Waals surface area contributed by atoms with Crippen LogP contribution in [-0.4, -0.2) is 50.0 Å². The van der Waals surface area contributed by atoms with Crippen molar-refractivity contribution in [2.45, 2.75) is 66.1 Å². The molecule has 8 heteroatoms. The number of amides is 2. The van der Waals surface area contributed by atoms with Crippen molar-refractivity contribution >= 4 is 27.5 Å².